The zero-order valence-electron chi connectivity index (χ0n) is 24.1. The van der Waals surface area contributed by atoms with E-state index < -0.39 is 28.5 Å². The molecular formula is C31H38ClN3O5S. The van der Waals surface area contributed by atoms with E-state index in [0.717, 1.165) is 16.3 Å². The summed E-state index contributed by atoms with van der Waals surface area (Å²) in [5.41, 5.74) is 1.79. The quantitative estimate of drug-likeness (QED) is 0.277. The maximum atomic E-state index is 14.2. The van der Waals surface area contributed by atoms with Crippen molar-refractivity contribution in [3.05, 3.63) is 88.9 Å². The lowest BCUT2D eigenvalue weighted by Crippen LogP contribution is -2.53. The highest BCUT2D eigenvalue weighted by atomic mass is 35.5. The standard InChI is InChI=1S/C31H38ClN3O5S/c1-6-23(4)33-31(37)28(7-2)34(20-24-12-10-13-26(19-24)40-5)30(36)21-35(29-14-9-8-11-22(29)3)41(38,39)27-17-15-25(32)16-18-27/h8-19,23,28H,6-7,20-21H2,1-5H3,(H,33,37)/t23-,28+/m0/s1. The molecule has 41 heavy (non-hydrogen) atoms. The number of amides is 2. The molecule has 0 aromatic heterocycles. The molecule has 3 aromatic rings. The van der Waals surface area contributed by atoms with Crippen molar-refractivity contribution in [1.29, 1.82) is 0 Å². The summed E-state index contributed by atoms with van der Waals surface area (Å²) in [6.07, 6.45) is 1.07. The van der Waals surface area contributed by atoms with Gasteiger partial charge in [-0.1, -0.05) is 55.8 Å². The fraction of sp³-hybridized carbons (Fsp3) is 0.355. The summed E-state index contributed by atoms with van der Waals surface area (Å²) < 4.78 is 34.4. The topological polar surface area (TPSA) is 96.0 Å². The summed E-state index contributed by atoms with van der Waals surface area (Å²) in [6.45, 7) is 7.06. The number of anilines is 1. The van der Waals surface area contributed by atoms with Crippen LogP contribution in [0, 0.1) is 6.92 Å². The lowest BCUT2D eigenvalue weighted by molar-refractivity contribution is -0.140. The molecule has 0 radical (unpaired) electrons. The van der Waals surface area contributed by atoms with Gasteiger partial charge in [-0.3, -0.25) is 13.9 Å². The Bertz CT molecular complexity index is 1450. The number of nitrogens with zero attached hydrogens (tertiary/aromatic N) is 2. The van der Waals surface area contributed by atoms with Gasteiger partial charge in [-0.05, 0) is 80.3 Å². The van der Waals surface area contributed by atoms with E-state index in [1.54, 1.807) is 50.4 Å². The van der Waals surface area contributed by atoms with Crippen molar-refractivity contribution in [1.82, 2.24) is 10.2 Å². The van der Waals surface area contributed by atoms with Crippen molar-refractivity contribution < 1.29 is 22.7 Å². The third-order valence-corrected chi connectivity index (χ3v) is 8.96. The number of para-hydroxylation sites is 1. The number of methoxy groups -OCH3 is 1. The number of nitrogens with one attached hydrogen (secondary N) is 1. The van der Waals surface area contributed by atoms with Gasteiger partial charge in [0.05, 0.1) is 17.7 Å². The van der Waals surface area contributed by atoms with E-state index in [9.17, 15) is 18.0 Å². The van der Waals surface area contributed by atoms with Crippen LogP contribution in [0.2, 0.25) is 5.02 Å². The second kappa shape index (κ2) is 14.4. The minimum Gasteiger partial charge on any atom is -0.497 e. The van der Waals surface area contributed by atoms with E-state index in [4.69, 9.17) is 16.3 Å². The summed E-state index contributed by atoms with van der Waals surface area (Å²) in [7, 11) is -2.62. The first-order chi connectivity index (χ1) is 19.5. The van der Waals surface area contributed by atoms with Crippen LogP contribution in [0.5, 0.6) is 5.75 Å². The van der Waals surface area contributed by atoms with Crippen LogP contribution < -0.4 is 14.4 Å². The van der Waals surface area contributed by atoms with Crippen molar-refractivity contribution >= 4 is 39.1 Å². The summed E-state index contributed by atoms with van der Waals surface area (Å²) in [6, 6.07) is 19.1. The van der Waals surface area contributed by atoms with Crippen LogP contribution in [-0.4, -0.2) is 50.9 Å². The van der Waals surface area contributed by atoms with Gasteiger partial charge in [-0.2, -0.15) is 0 Å². The molecule has 2 atom stereocenters. The molecule has 0 unspecified atom stereocenters. The molecule has 3 rings (SSSR count). The van der Waals surface area contributed by atoms with Crippen LogP contribution in [0.3, 0.4) is 0 Å². The average molecular weight is 600 g/mol. The van der Waals surface area contributed by atoms with Gasteiger partial charge in [-0.15, -0.1) is 0 Å². The predicted octanol–water partition coefficient (Wildman–Crippen LogP) is 5.57. The molecule has 0 saturated carbocycles. The maximum absolute atomic E-state index is 14.2. The summed E-state index contributed by atoms with van der Waals surface area (Å²) in [4.78, 5) is 29.0. The molecule has 0 bridgehead atoms. The number of aryl methyl sites for hydroxylation is 1. The molecule has 0 heterocycles. The van der Waals surface area contributed by atoms with Crippen molar-refractivity contribution in [2.75, 3.05) is 18.0 Å². The van der Waals surface area contributed by atoms with Crippen molar-refractivity contribution in [2.24, 2.45) is 0 Å². The first-order valence-corrected chi connectivity index (χ1v) is 15.4. The van der Waals surface area contributed by atoms with Crippen LogP contribution in [0.25, 0.3) is 0 Å². The molecule has 0 aliphatic carbocycles. The highest BCUT2D eigenvalue weighted by Crippen LogP contribution is 2.28. The predicted molar refractivity (Wildman–Crippen MR) is 163 cm³/mol. The lowest BCUT2D eigenvalue weighted by Gasteiger charge is -2.34. The number of carbonyl (C=O) groups excluding carboxylic acids is 2. The average Bonchev–Trinajstić information content (AvgIpc) is 2.96. The Labute approximate surface area is 248 Å². The molecule has 0 spiro atoms. The Morgan fingerprint density at radius 2 is 1.66 bits per heavy atom. The number of ether oxygens (including phenoxy) is 1. The first kappa shape index (κ1) is 32.0. The van der Waals surface area contributed by atoms with Crippen molar-refractivity contribution in [3.63, 3.8) is 0 Å². The van der Waals surface area contributed by atoms with Crippen molar-refractivity contribution in [3.8, 4) is 5.75 Å². The molecule has 0 aliphatic rings. The minimum atomic E-state index is -4.17. The molecule has 1 N–H and O–H groups in total. The number of carbonyl (C=O) groups is 2. The third kappa shape index (κ3) is 8.01. The highest BCUT2D eigenvalue weighted by Gasteiger charge is 2.34. The summed E-state index contributed by atoms with van der Waals surface area (Å²) in [5, 5.41) is 3.37. The van der Waals surface area contributed by atoms with Crippen LogP contribution in [0.1, 0.15) is 44.7 Å². The van der Waals surface area contributed by atoms with Gasteiger partial charge < -0.3 is 15.0 Å². The van der Waals surface area contributed by atoms with Gasteiger partial charge in [0.25, 0.3) is 10.0 Å². The zero-order valence-corrected chi connectivity index (χ0v) is 25.7. The number of benzene rings is 3. The minimum absolute atomic E-state index is 0.00106. The normalized spacial score (nSPS) is 12.7. The van der Waals surface area contributed by atoms with Crippen LogP contribution in [0.4, 0.5) is 5.69 Å². The Hall–Kier alpha value is -3.56. The van der Waals surface area contributed by atoms with E-state index in [-0.39, 0.29) is 23.4 Å². The molecule has 0 saturated heterocycles. The van der Waals surface area contributed by atoms with Gasteiger partial charge in [0.15, 0.2) is 0 Å². The Morgan fingerprint density at radius 3 is 2.27 bits per heavy atom. The van der Waals surface area contributed by atoms with E-state index in [1.807, 2.05) is 32.9 Å². The number of halogens is 1. The van der Waals surface area contributed by atoms with Gasteiger partial charge in [0.1, 0.15) is 18.3 Å². The summed E-state index contributed by atoms with van der Waals surface area (Å²) in [5.74, 6) is -0.195. The van der Waals surface area contributed by atoms with Crippen LogP contribution in [-0.2, 0) is 26.2 Å². The Balaban J connectivity index is 2.08. The molecule has 0 fully saturated rings. The SMILES string of the molecule is CC[C@H](C(=O)N[C@@H](C)CC)N(Cc1cccc(OC)c1)C(=O)CN(c1ccccc1C)S(=O)(=O)c1ccc(Cl)cc1. The lowest BCUT2D eigenvalue weighted by atomic mass is 10.1. The Kier molecular flexibility index (Phi) is 11.2. The first-order valence-electron chi connectivity index (χ1n) is 13.6. The van der Waals surface area contributed by atoms with Gasteiger partial charge in [-0.25, -0.2) is 8.42 Å². The smallest absolute Gasteiger partial charge is 0.264 e. The fourth-order valence-corrected chi connectivity index (χ4v) is 6.02. The second-order valence-electron chi connectivity index (χ2n) is 9.87. The van der Waals surface area contributed by atoms with Gasteiger partial charge in [0.2, 0.25) is 11.8 Å². The third-order valence-electron chi connectivity index (χ3n) is 6.94. The van der Waals surface area contributed by atoms with E-state index >= 15 is 0 Å². The molecule has 10 heteroatoms. The van der Waals surface area contributed by atoms with Gasteiger partial charge >= 0.3 is 0 Å². The van der Waals surface area contributed by atoms with Gasteiger partial charge in [0, 0.05) is 17.6 Å². The number of hydrogen-bond acceptors (Lipinski definition) is 5. The number of rotatable bonds is 13. The molecule has 3 aromatic carbocycles. The monoisotopic (exact) mass is 599 g/mol. The fourth-order valence-electron chi connectivity index (χ4n) is 4.42. The van der Waals surface area contributed by atoms with Crippen molar-refractivity contribution in [2.45, 2.75) is 64.1 Å². The largest absolute Gasteiger partial charge is 0.497 e. The molecular weight excluding hydrogens is 562 g/mol. The maximum Gasteiger partial charge on any atom is 0.264 e. The van der Waals surface area contributed by atoms with E-state index in [0.29, 0.717) is 28.4 Å². The van der Waals surface area contributed by atoms with E-state index in [1.165, 1.54) is 29.2 Å². The van der Waals surface area contributed by atoms with E-state index in [2.05, 4.69) is 5.32 Å². The second-order valence-corrected chi connectivity index (χ2v) is 12.2. The number of sulfonamides is 1. The molecule has 0 aliphatic heterocycles. The summed E-state index contributed by atoms with van der Waals surface area (Å²) >= 11 is 6.02. The van der Waals surface area contributed by atoms with Crippen LogP contribution in [0.15, 0.2) is 77.7 Å². The molecule has 220 valence electrons. The highest BCUT2D eigenvalue weighted by molar-refractivity contribution is 7.92. The van der Waals surface area contributed by atoms with Crippen LogP contribution >= 0.6 is 11.6 Å². The number of hydrogen-bond donors (Lipinski definition) is 1. The zero-order chi connectivity index (χ0) is 30.2. The molecule has 8 nitrogen and oxygen atoms in total. The Morgan fingerprint density at radius 1 is 0.976 bits per heavy atom. The molecule has 2 amide bonds.